The third kappa shape index (κ3) is 4.27. The van der Waals surface area contributed by atoms with E-state index in [0.29, 0.717) is 11.8 Å². The highest BCUT2D eigenvalue weighted by molar-refractivity contribution is 6.06. The van der Waals surface area contributed by atoms with Crippen LogP contribution in [0.1, 0.15) is 55.6 Å². The molecule has 1 aromatic heterocycles. The second kappa shape index (κ2) is 11.3. The van der Waals surface area contributed by atoms with Gasteiger partial charge in [-0.25, -0.2) is 0 Å². The third-order valence-electron chi connectivity index (χ3n) is 14.5. The number of para-hydroxylation sites is 1. The van der Waals surface area contributed by atoms with Gasteiger partial charge < -0.3 is 9.32 Å². The summed E-state index contributed by atoms with van der Waals surface area (Å²) in [5, 5.41) is 4.88. The zero-order chi connectivity index (χ0) is 34.7. The summed E-state index contributed by atoms with van der Waals surface area (Å²) >= 11 is 0. The Kier molecular flexibility index (Phi) is 6.45. The van der Waals surface area contributed by atoms with Crippen molar-refractivity contribution in [1.82, 2.24) is 0 Å². The minimum atomic E-state index is 0.242. The quantitative estimate of drug-likeness (QED) is 0.183. The highest BCUT2D eigenvalue weighted by Crippen LogP contribution is 2.72. The van der Waals surface area contributed by atoms with E-state index >= 15 is 0 Å². The Morgan fingerprint density at radius 3 is 2.36 bits per heavy atom. The van der Waals surface area contributed by atoms with Crippen LogP contribution in [0.5, 0.6) is 0 Å². The van der Waals surface area contributed by atoms with Gasteiger partial charge in [-0.2, -0.15) is 0 Å². The van der Waals surface area contributed by atoms with E-state index in [4.69, 9.17) is 4.42 Å². The molecule has 0 N–H and O–H groups in total. The molecular weight excluding hydrogens is 643 g/mol. The zero-order valence-electron chi connectivity index (χ0n) is 30.0. The first-order valence-electron chi connectivity index (χ1n) is 20.0. The maximum atomic E-state index is 6.16. The van der Waals surface area contributed by atoms with Gasteiger partial charge in [-0.15, -0.1) is 0 Å². The Balaban J connectivity index is 1.04. The van der Waals surface area contributed by atoms with Crippen LogP contribution in [0.25, 0.3) is 43.8 Å². The zero-order valence-corrected chi connectivity index (χ0v) is 30.0. The standard InChI is InChI=1S/C51H43NO/c1-2-11-35-30-40(25-21-33(35)10-1)52(39-23-19-34(20-24-39)36-22-26-49-43(31-36)41-12-4-6-18-48(41)53-49)47-17-8-16-46-50(47)42-13-3-5-14-45(42)51(46)38-28-32-9-7-15-44(51)37(27-32)29-38/h1-6,8,10-14,16-26,30-32,37-38,42,44-45H,7,9,15,27-29H2. The molecule has 7 atom stereocenters. The summed E-state index contributed by atoms with van der Waals surface area (Å²) in [6, 6.07) is 47.5. The van der Waals surface area contributed by atoms with Gasteiger partial charge in [0, 0.05) is 33.5 Å². The Morgan fingerprint density at radius 1 is 0.604 bits per heavy atom. The molecule has 2 heteroatoms. The van der Waals surface area contributed by atoms with Gasteiger partial charge in [0.2, 0.25) is 0 Å². The van der Waals surface area contributed by atoms with Crippen molar-refractivity contribution in [3.8, 4) is 11.1 Å². The van der Waals surface area contributed by atoms with E-state index in [-0.39, 0.29) is 5.41 Å². The van der Waals surface area contributed by atoms with Crippen LogP contribution in [0, 0.1) is 29.6 Å². The molecule has 0 aliphatic heterocycles. The summed E-state index contributed by atoms with van der Waals surface area (Å²) in [7, 11) is 0. The number of benzene rings is 6. The Morgan fingerprint density at radius 2 is 1.42 bits per heavy atom. The molecule has 7 aromatic rings. The van der Waals surface area contributed by atoms with Crippen LogP contribution in [0.3, 0.4) is 0 Å². The van der Waals surface area contributed by atoms with Crippen molar-refractivity contribution in [1.29, 1.82) is 0 Å². The highest BCUT2D eigenvalue weighted by atomic mass is 16.3. The van der Waals surface area contributed by atoms with E-state index in [1.807, 2.05) is 6.07 Å². The van der Waals surface area contributed by atoms with E-state index in [9.17, 15) is 0 Å². The Bertz CT molecular complexity index is 2640. The van der Waals surface area contributed by atoms with Crippen molar-refractivity contribution in [3.05, 3.63) is 163 Å². The monoisotopic (exact) mass is 685 g/mol. The maximum absolute atomic E-state index is 6.16. The smallest absolute Gasteiger partial charge is 0.135 e. The lowest BCUT2D eigenvalue weighted by Gasteiger charge is -2.45. The molecule has 12 rings (SSSR count). The van der Waals surface area contributed by atoms with Crippen LogP contribution in [0.4, 0.5) is 17.1 Å². The predicted octanol–water partition coefficient (Wildman–Crippen LogP) is 13.8. The Hall–Kier alpha value is -5.34. The molecule has 1 heterocycles. The number of hydrogen-bond acceptors (Lipinski definition) is 2. The van der Waals surface area contributed by atoms with Gasteiger partial charge in [-0.05, 0) is 137 Å². The first-order chi connectivity index (χ1) is 26.2. The average molecular weight is 686 g/mol. The summed E-state index contributed by atoms with van der Waals surface area (Å²) in [5.41, 5.74) is 11.5. The van der Waals surface area contributed by atoms with E-state index in [1.165, 1.54) is 88.3 Å². The molecule has 258 valence electrons. The van der Waals surface area contributed by atoms with Crippen molar-refractivity contribution >= 4 is 49.8 Å². The SMILES string of the molecule is C1=CC2c3c(N(c4ccc(-c5ccc6oc7ccccc7c6c5)cc4)c4ccc5ccccc5c4)cccc3C3(C4CC5CCCC3C(C5)C4)C2C=C1. The van der Waals surface area contributed by atoms with Crippen LogP contribution < -0.4 is 4.90 Å². The number of hydrogen-bond donors (Lipinski definition) is 0. The van der Waals surface area contributed by atoms with Crippen LogP contribution >= 0.6 is 0 Å². The number of fused-ring (bicyclic) bond motifs is 13. The molecule has 6 aromatic carbocycles. The fourth-order valence-electron chi connectivity index (χ4n) is 12.6. The molecule has 5 aliphatic carbocycles. The number of allylic oxidation sites excluding steroid dienone is 4. The fraction of sp³-hybridized carbons (Fsp3) is 0.255. The lowest BCUT2D eigenvalue weighted by atomic mass is 9.58. The Labute approximate surface area is 311 Å². The molecular formula is C51H43NO. The molecule has 3 fully saturated rings. The number of anilines is 3. The lowest BCUT2D eigenvalue weighted by Crippen LogP contribution is -2.42. The van der Waals surface area contributed by atoms with Gasteiger partial charge in [0.05, 0.1) is 5.69 Å². The molecule has 5 aliphatic rings. The largest absolute Gasteiger partial charge is 0.456 e. The van der Waals surface area contributed by atoms with Gasteiger partial charge >= 0.3 is 0 Å². The molecule has 0 amide bonds. The van der Waals surface area contributed by atoms with Crippen LogP contribution in [0.2, 0.25) is 0 Å². The van der Waals surface area contributed by atoms with E-state index in [1.54, 1.807) is 11.1 Å². The third-order valence-corrected chi connectivity index (χ3v) is 14.5. The topological polar surface area (TPSA) is 16.4 Å². The minimum absolute atomic E-state index is 0.242. The molecule has 0 saturated heterocycles. The van der Waals surface area contributed by atoms with Gasteiger partial charge in [-0.3, -0.25) is 0 Å². The van der Waals surface area contributed by atoms with Gasteiger partial charge in [0.1, 0.15) is 11.2 Å². The minimum Gasteiger partial charge on any atom is -0.456 e. The van der Waals surface area contributed by atoms with Crippen molar-refractivity contribution in [3.63, 3.8) is 0 Å². The molecule has 3 bridgehead atoms. The highest BCUT2D eigenvalue weighted by Gasteiger charge is 2.66. The van der Waals surface area contributed by atoms with Crippen molar-refractivity contribution in [2.24, 2.45) is 29.6 Å². The van der Waals surface area contributed by atoms with E-state index in [0.717, 1.165) is 34.8 Å². The van der Waals surface area contributed by atoms with Crippen molar-refractivity contribution in [2.75, 3.05) is 4.90 Å². The van der Waals surface area contributed by atoms with Crippen molar-refractivity contribution in [2.45, 2.75) is 49.9 Å². The molecule has 2 nitrogen and oxygen atoms in total. The van der Waals surface area contributed by atoms with Gasteiger partial charge in [0.15, 0.2) is 0 Å². The average Bonchev–Trinajstić information content (AvgIpc) is 3.76. The second-order valence-corrected chi connectivity index (χ2v) is 16.8. The molecule has 53 heavy (non-hydrogen) atoms. The van der Waals surface area contributed by atoms with Crippen LogP contribution in [0.15, 0.2) is 156 Å². The summed E-state index contributed by atoms with van der Waals surface area (Å²) in [5.74, 6) is 4.32. The lowest BCUT2D eigenvalue weighted by molar-refractivity contribution is 0.146. The van der Waals surface area contributed by atoms with Gasteiger partial charge in [-0.1, -0.05) is 116 Å². The maximum Gasteiger partial charge on any atom is 0.135 e. The van der Waals surface area contributed by atoms with Gasteiger partial charge in [0.25, 0.3) is 0 Å². The van der Waals surface area contributed by atoms with Crippen LogP contribution in [-0.2, 0) is 5.41 Å². The molecule has 0 radical (unpaired) electrons. The van der Waals surface area contributed by atoms with Crippen molar-refractivity contribution < 1.29 is 4.42 Å². The second-order valence-electron chi connectivity index (χ2n) is 16.8. The van der Waals surface area contributed by atoms with Crippen LogP contribution in [-0.4, -0.2) is 0 Å². The first kappa shape index (κ1) is 30.2. The summed E-state index contributed by atoms with van der Waals surface area (Å²) in [6.07, 6.45) is 18.5. The first-order valence-corrected chi connectivity index (χ1v) is 20.0. The number of furan rings is 1. The molecule has 1 spiro atoms. The summed E-state index contributed by atoms with van der Waals surface area (Å²) in [6.45, 7) is 0. The summed E-state index contributed by atoms with van der Waals surface area (Å²) < 4.78 is 6.16. The number of nitrogens with zero attached hydrogens (tertiary/aromatic N) is 1. The number of rotatable bonds is 4. The molecule has 7 unspecified atom stereocenters. The van der Waals surface area contributed by atoms with E-state index < -0.39 is 0 Å². The normalized spacial score (nSPS) is 27.8. The predicted molar refractivity (Wildman–Crippen MR) is 219 cm³/mol. The summed E-state index contributed by atoms with van der Waals surface area (Å²) in [4.78, 5) is 2.58. The fourth-order valence-corrected chi connectivity index (χ4v) is 12.6. The van der Waals surface area contributed by atoms with E-state index in [2.05, 4.69) is 151 Å². The molecule has 3 saturated carbocycles.